The third kappa shape index (κ3) is 2.15. The molecule has 94 valence electrons. The van der Waals surface area contributed by atoms with Crippen LogP contribution in [0, 0.1) is 10.1 Å². The Balaban J connectivity index is 2.58. The Labute approximate surface area is 104 Å². The smallest absolute Gasteiger partial charge is 0.298 e. The van der Waals surface area contributed by atoms with E-state index in [1.165, 1.54) is 6.07 Å². The number of nitrogens with one attached hydrogen (secondary N) is 1. The summed E-state index contributed by atoms with van der Waals surface area (Å²) >= 11 is 0. The van der Waals surface area contributed by atoms with E-state index in [1.807, 2.05) is 6.92 Å². The van der Waals surface area contributed by atoms with E-state index < -0.39 is 4.92 Å². The SMILES string of the molecule is CCNc1ccc([N+](=O)[O-])c(-c2nccn2C)n1. The van der Waals surface area contributed by atoms with Crippen LogP contribution >= 0.6 is 0 Å². The molecular weight excluding hydrogens is 234 g/mol. The van der Waals surface area contributed by atoms with Crippen LogP contribution in [0.3, 0.4) is 0 Å². The van der Waals surface area contributed by atoms with Crippen LogP contribution in [0.5, 0.6) is 0 Å². The largest absolute Gasteiger partial charge is 0.370 e. The first-order valence-corrected chi connectivity index (χ1v) is 5.50. The topological polar surface area (TPSA) is 85.9 Å². The molecule has 2 aromatic rings. The molecule has 0 unspecified atom stereocenters. The number of hydrogen-bond donors (Lipinski definition) is 1. The van der Waals surface area contributed by atoms with Crippen LogP contribution in [0.4, 0.5) is 11.5 Å². The molecule has 0 saturated heterocycles. The van der Waals surface area contributed by atoms with Crippen molar-refractivity contribution in [3.05, 3.63) is 34.6 Å². The number of imidazole rings is 1. The highest BCUT2D eigenvalue weighted by atomic mass is 16.6. The van der Waals surface area contributed by atoms with E-state index in [4.69, 9.17) is 0 Å². The molecule has 7 heteroatoms. The summed E-state index contributed by atoms with van der Waals surface area (Å²) in [4.78, 5) is 18.9. The van der Waals surface area contributed by atoms with Crippen molar-refractivity contribution in [1.82, 2.24) is 14.5 Å². The first-order valence-electron chi connectivity index (χ1n) is 5.50. The van der Waals surface area contributed by atoms with Gasteiger partial charge in [0.1, 0.15) is 5.82 Å². The van der Waals surface area contributed by atoms with E-state index in [9.17, 15) is 10.1 Å². The monoisotopic (exact) mass is 247 g/mol. The Morgan fingerprint density at radius 2 is 2.28 bits per heavy atom. The Hall–Kier alpha value is -2.44. The van der Waals surface area contributed by atoms with E-state index in [-0.39, 0.29) is 11.4 Å². The third-order valence-corrected chi connectivity index (χ3v) is 2.46. The maximum Gasteiger partial charge on any atom is 0.298 e. The molecule has 0 saturated carbocycles. The molecule has 18 heavy (non-hydrogen) atoms. The van der Waals surface area contributed by atoms with Gasteiger partial charge < -0.3 is 9.88 Å². The molecule has 0 radical (unpaired) electrons. The molecule has 0 spiro atoms. The maximum atomic E-state index is 11.0. The molecule has 0 bridgehead atoms. The zero-order valence-electron chi connectivity index (χ0n) is 10.1. The molecular formula is C11H13N5O2. The van der Waals surface area contributed by atoms with Crippen molar-refractivity contribution in [3.63, 3.8) is 0 Å². The van der Waals surface area contributed by atoms with Crippen molar-refractivity contribution in [2.24, 2.45) is 7.05 Å². The third-order valence-electron chi connectivity index (χ3n) is 2.46. The number of nitro groups is 1. The van der Waals surface area contributed by atoms with Crippen LogP contribution in [0.2, 0.25) is 0 Å². The highest BCUT2D eigenvalue weighted by Gasteiger charge is 2.20. The minimum atomic E-state index is -0.452. The van der Waals surface area contributed by atoms with Crippen LogP contribution in [0.25, 0.3) is 11.5 Å². The molecule has 0 amide bonds. The van der Waals surface area contributed by atoms with Gasteiger partial charge in [-0.15, -0.1) is 0 Å². The minimum absolute atomic E-state index is 0.0500. The minimum Gasteiger partial charge on any atom is -0.370 e. The summed E-state index contributed by atoms with van der Waals surface area (Å²) in [6, 6.07) is 3.03. The number of nitrogens with zero attached hydrogens (tertiary/aromatic N) is 4. The molecule has 2 rings (SSSR count). The average Bonchev–Trinajstić information content (AvgIpc) is 2.75. The quantitative estimate of drug-likeness (QED) is 0.657. The number of pyridine rings is 1. The second-order valence-corrected chi connectivity index (χ2v) is 3.71. The Morgan fingerprint density at radius 1 is 1.50 bits per heavy atom. The summed E-state index contributed by atoms with van der Waals surface area (Å²) in [5, 5.41) is 14.0. The standard InChI is InChI=1S/C11H13N5O2/c1-3-12-9-5-4-8(16(17)18)10(14-9)11-13-6-7-15(11)2/h4-7H,3H2,1-2H3,(H,12,14). The van der Waals surface area contributed by atoms with Gasteiger partial charge in [-0.2, -0.15) is 0 Å². The summed E-state index contributed by atoms with van der Waals surface area (Å²) in [5.74, 6) is 1.07. The predicted octanol–water partition coefficient (Wildman–Crippen LogP) is 1.82. The summed E-state index contributed by atoms with van der Waals surface area (Å²) in [6.07, 6.45) is 3.31. The zero-order chi connectivity index (χ0) is 13.1. The maximum absolute atomic E-state index is 11.0. The van der Waals surface area contributed by atoms with Crippen molar-refractivity contribution >= 4 is 11.5 Å². The van der Waals surface area contributed by atoms with Gasteiger partial charge in [-0.05, 0) is 13.0 Å². The van der Waals surface area contributed by atoms with Gasteiger partial charge in [0.25, 0.3) is 5.69 Å². The van der Waals surface area contributed by atoms with Gasteiger partial charge in [0, 0.05) is 32.1 Å². The summed E-state index contributed by atoms with van der Waals surface area (Å²) in [6.45, 7) is 2.63. The van der Waals surface area contributed by atoms with Crippen molar-refractivity contribution in [1.29, 1.82) is 0 Å². The van der Waals surface area contributed by atoms with E-state index >= 15 is 0 Å². The summed E-state index contributed by atoms with van der Waals surface area (Å²) in [5.41, 5.74) is 0.219. The fourth-order valence-corrected chi connectivity index (χ4v) is 1.64. The number of aromatic nitrogens is 3. The number of aryl methyl sites for hydroxylation is 1. The molecule has 2 heterocycles. The van der Waals surface area contributed by atoms with Gasteiger partial charge in [-0.3, -0.25) is 10.1 Å². The van der Waals surface area contributed by atoms with Gasteiger partial charge in [0.15, 0.2) is 11.5 Å². The zero-order valence-corrected chi connectivity index (χ0v) is 10.1. The second kappa shape index (κ2) is 4.82. The first kappa shape index (κ1) is 12.0. The molecule has 1 N–H and O–H groups in total. The lowest BCUT2D eigenvalue weighted by molar-refractivity contribution is -0.384. The number of rotatable bonds is 4. The molecule has 0 aliphatic carbocycles. The molecule has 7 nitrogen and oxygen atoms in total. The molecule has 0 fully saturated rings. The average molecular weight is 247 g/mol. The number of anilines is 1. The highest BCUT2D eigenvalue weighted by molar-refractivity contribution is 5.66. The Morgan fingerprint density at radius 3 is 2.83 bits per heavy atom. The van der Waals surface area contributed by atoms with Crippen molar-refractivity contribution in [2.45, 2.75) is 6.92 Å². The lowest BCUT2D eigenvalue weighted by Crippen LogP contribution is -2.04. The van der Waals surface area contributed by atoms with Crippen molar-refractivity contribution in [2.75, 3.05) is 11.9 Å². The lowest BCUT2D eigenvalue weighted by atomic mass is 10.2. The van der Waals surface area contributed by atoms with E-state index in [0.717, 1.165) is 0 Å². The fraction of sp³-hybridized carbons (Fsp3) is 0.273. The van der Waals surface area contributed by atoms with Gasteiger partial charge in [-0.25, -0.2) is 9.97 Å². The highest BCUT2D eigenvalue weighted by Crippen LogP contribution is 2.27. The molecule has 0 aliphatic heterocycles. The molecule has 0 aromatic carbocycles. The van der Waals surface area contributed by atoms with Crippen LogP contribution in [-0.4, -0.2) is 26.0 Å². The van der Waals surface area contributed by atoms with Gasteiger partial charge in [-0.1, -0.05) is 0 Å². The summed E-state index contributed by atoms with van der Waals surface area (Å²) < 4.78 is 1.70. The first-order chi connectivity index (χ1) is 8.63. The van der Waals surface area contributed by atoms with E-state index in [2.05, 4.69) is 15.3 Å². The second-order valence-electron chi connectivity index (χ2n) is 3.71. The molecule has 2 aromatic heterocycles. The predicted molar refractivity (Wildman–Crippen MR) is 67.3 cm³/mol. The van der Waals surface area contributed by atoms with Gasteiger partial charge >= 0.3 is 0 Å². The summed E-state index contributed by atoms with van der Waals surface area (Å²) in [7, 11) is 1.77. The fourth-order valence-electron chi connectivity index (χ4n) is 1.64. The van der Waals surface area contributed by atoms with Crippen LogP contribution in [-0.2, 0) is 7.05 Å². The molecule has 0 atom stereocenters. The van der Waals surface area contributed by atoms with Gasteiger partial charge in [0.2, 0.25) is 0 Å². The van der Waals surface area contributed by atoms with Crippen molar-refractivity contribution < 1.29 is 4.92 Å². The van der Waals surface area contributed by atoms with Crippen molar-refractivity contribution in [3.8, 4) is 11.5 Å². The number of hydrogen-bond acceptors (Lipinski definition) is 5. The van der Waals surface area contributed by atoms with Crippen LogP contribution in [0.1, 0.15) is 6.92 Å². The van der Waals surface area contributed by atoms with E-state index in [1.54, 1.807) is 30.1 Å². The van der Waals surface area contributed by atoms with Crippen LogP contribution < -0.4 is 5.32 Å². The normalized spacial score (nSPS) is 10.3. The molecule has 0 aliphatic rings. The van der Waals surface area contributed by atoms with Gasteiger partial charge in [0.05, 0.1) is 4.92 Å². The Bertz CT molecular complexity index is 579. The van der Waals surface area contributed by atoms with Crippen LogP contribution in [0.15, 0.2) is 24.5 Å². The lowest BCUT2D eigenvalue weighted by Gasteiger charge is -2.06. The van der Waals surface area contributed by atoms with E-state index in [0.29, 0.717) is 18.2 Å². The Kier molecular flexibility index (Phi) is 3.22.